The molecule has 0 aliphatic carbocycles. The molecule has 0 saturated heterocycles. The van der Waals surface area contributed by atoms with Gasteiger partial charge in [-0.05, 0) is 47.3 Å². The van der Waals surface area contributed by atoms with Crippen LogP contribution >= 0.6 is 11.6 Å². The van der Waals surface area contributed by atoms with E-state index in [-0.39, 0.29) is 44.8 Å². The van der Waals surface area contributed by atoms with Crippen molar-refractivity contribution in [3.63, 3.8) is 0 Å². The van der Waals surface area contributed by atoms with Crippen molar-refractivity contribution in [1.29, 1.82) is 0 Å². The van der Waals surface area contributed by atoms with Gasteiger partial charge in [-0.1, -0.05) is 97.9 Å². The van der Waals surface area contributed by atoms with E-state index in [4.69, 9.17) is 30.0 Å². The maximum atomic E-state index is 13.1. The van der Waals surface area contributed by atoms with Crippen molar-refractivity contribution in [2.24, 2.45) is 0 Å². The Morgan fingerprint density at radius 1 is 0.923 bits per heavy atom. The molecular weight excluding hydrogens is 597 g/mol. The molecule has 204 valence electrons. The maximum Gasteiger partial charge on any atom is 0.153 e. The van der Waals surface area contributed by atoms with E-state index in [9.17, 15) is 4.79 Å². The first-order chi connectivity index (χ1) is 18.2. The van der Waals surface area contributed by atoms with Gasteiger partial charge in [-0.15, -0.1) is 25.7 Å². The Morgan fingerprint density at radius 2 is 1.38 bits per heavy atom. The summed E-state index contributed by atoms with van der Waals surface area (Å²) in [5.74, 6) is -0.565. The van der Waals surface area contributed by atoms with Crippen LogP contribution in [0.1, 0.15) is 42.5 Å². The van der Waals surface area contributed by atoms with E-state index in [0.717, 1.165) is 23.1 Å². The SMILES string of the molecule is C#C.C#C.CC([NH-])=O.[B]C(=C)NCC(=O)CC(c1ccccc1)(c1ccc(CC)cc1)c1ccccc1Cl.[Pd]. The van der Waals surface area contributed by atoms with Crippen molar-refractivity contribution in [2.75, 3.05) is 6.54 Å². The van der Waals surface area contributed by atoms with E-state index in [1.165, 1.54) is 12.5 Å². The zero-order chi connectivity index (χ0) is 29.1. The van der Waals surface area contributed by atoms with Crippen LogP contribution < -0.4 is 5.32 Å². The Bertz CT molecular complexity index is 1200. The zero-order valence-electron chi connectivity index (χ0n) is 22.2. The average molecular weight is 630 g/mol. The van der Waals surface area contributed by atoms with Crippen LogP contribution in [0.2, 0.25) is 5.02 Å². The molecule has 1 amide bonds. The molecule has 0 bridgehead atoms. The molecule has 1 atom stereocenters. The summed E-state index contributed by atoms with van der Waals surface area (Å²) in [5, 5.41) is 3.49. The number of halogens is 1. The number of Topliss-reactive ketones (excluding diaryl/α,β-unsaturated/α-hetero) is 1. The van der Waals surface area contributed by atoms with Crippen LogP contribution in [-0.4, -0.2) is 26.1 Å². The molecule has 39 heavy (non-hydrogen) atoms. The molecule has 0 aromatic heterocycles. The average Bonchev–Trinajstić information content (AvgIpc) is 2.93. The fourth-order valence-corrected chi connectivity index (χ4v) is 4.20. The van der Waals surface area contributed by atoms with Crippen LogP contribution in [0.4, 0.5) is 0 Å². The van der Waals surface area contributed by atoms with Gasteiger partial charge in [0, 0.05) is 37.8 Å². The summed E-state index contributed by atoms with van der Waals surface area (Å²) >= 11 is 6.72. The van der Waals surface area contributed by atoms with Crippen LogP contribution in [0.15, 0.2) is 91.0 Å². The number of aryl methyl sites for hydroxylation is 1. The molecule has 3 rings (SSSR count). The van der Waals surface area contributed by atoms with Gasteiger partial charge >= 0.3 is 0 Å². The second-order valence-corrected chi connectivity index (χ2v) is 8.36. The number of terminal acetylenes is 2. The third kappa shape index (κ3) is 11.8. The van der Waals surface area contributed by atoms with Crippen molar-refractivity contribution in [2.45, 2.75) is 32.1 Å². The molecule has 0 fully saturated rings. The van der Waals surface area contributed by atoms with Crippen molar-refractivity contribution >= 4 is 31.1 Å². The van der Waals surface area contributed by atoms with E-state index >= 15 is 0 Å². The van der Waals surface area contributed by atoms with E-state index in [1.54, 1.807) is 0 Å². The number of ketones is 1. The Morgan fingerprint density at radius 3 is 1.85 bits per heavy atom. The molecule has 3 aromatic rings. The van der Waals surface area contributed by atoms with Crippen molar-refractivity contribution in [1.82, 2.24) is 5.32 Å². The van der Waals surface area contributed by atoms with E-state index in [2.05, 4.69) is 80.9 Å². The van der Waals surface area contributed by atoms with Crippen molar-refractivity contribution < 1.29 is 30.0 Å². The number of hydrogen-bond donors (Lipinski definition) is 1. The molecule has 0 spiro atoms. The second-order valence-electron chi connectivity index (χ2n) is 7.95. The molecule has 3 aromatic carbocycles. The monoisotopic (exact) mass is 629 g/mol. The molecule has 2 radical (unpaired) electrons. The third-order valence-corrected chi connectivity index (χ3v) is 5.76. The molecule has 4 nitrogen and oxygen atoms in total. The van der Waals surface area contributed by atoms with Gasteiger partial charge in [0.25, 0.3) is 0 Å². The minimum atomic E-state index is -0.722. The quantitative estimate of drug-likeness (QED) is 0.167. The number of nitrogens with one attached hydrogen (secondary N) is 2. The van der Waals surface area contributed by atoms with Crippen LogP contribution in [0.25, 0.3) is 5.73 Å². The molecule has 2 N–H and O–H groups in total. The van der Waals surface area contributed by atoms with Gasteiger partial charge in [0.15, 0.2) is 5.78 Å². The Kier molecular flexibility index (Phi) is 19.7. The van der Waals surface area contributed by atoms with Crippen LogP contribution in [0.3, 0.4) is 0 Å². The summed E-state index contributed by atoms with van der Waals surface area (Å²) in [6.07, 6.45) is 17.2. The summed E-state index contributed by atoms with van der Waals surface area (Å²) < 4.78 is 0. The minimum absolute atomic E-state index is 0. The number of rotatable bonds is 9. The maximum absolute atomic E-state index is 13.1. The Labute approximate surface area is 253 Å². The summed E-state index contributed by atoms with van der Waals surface area (Å²) in [4.78, 5) is 22.2. The summed E-state index contributed by atoms with van der Waals surface area (Å²) in [6, 6.07) is 26.3. The Hall–Kier alpha value is -3.52. The van der Waals surface area contributed by atoms with Crippen molar-refractivity contribution in [3.8, 4) is 25.7 Å². The zero-order valence-corrected chi connectivity index (χ0v) is 24.5. The second kappa shape index (κ2) is 20.4. The van der Waals surface area contributed by atoms with Gasteiger partial charge in [0.1, 0.15) is 7.85 Å². The number of amides is 1. The van der Waals surface area contributed by atoms with E-state index in [1.807, 2.05) is 42.5 Å². The van der Waals surface area contributed by atoms with Gasteiger partial charge < -0.3 is 15.8 Å². The topological polar surface area (TPSA) is 70.0 Å². The largest absolute Gasteiger partial charge is 0.668 e. The molecular formula is C32H33BClN2O2Pd-. The predicted octanol–water partition coefficient (Wildman–Crippen LogP) is 6.51. The fourth-order valence-electron chi connectivity index (χ4n) is 3.90. The summed E-state index contributed by atoms with van der Waals surface area (Å²) in [6.45, 7) is 7.06. The summed E-state index contributed by atoms with van der Waals surface area (Å²) in [5.41, 5.74) is 9.69. The third-order valence-electron chi connectivity index (χ3n) is 5.43. The molecule has 0 heterocycles. The van der Waals surface area contributed by atoms with Gasteiger partial charge in [0.2, 0.25) is 0 Å². The van der Waals surface area contributed by atoms with Gasteiger partial charge in [-0.2, -0.15) is 0 Å². The number of carbonyl (C=O) groups is 2. The van der Waals surface area contributed by atoms with Crippen LogP contribution in [0.5, 0.6) is 0 Å². The first kappa shape index (κ1) is 37.6. The summed E-state index contributed by atoms with van der Waals surface area (Å²) in [7, 11) is 5.61. The molecule has 0 aliphatic rings. The smallest absolute Gasteiger partial charge is 0.153 e. The number of carbonyl (C=O) groups excluding carboxylic acids is 2. The van der Waals surface area contributed by atoms with E-state index < -0.39 is 11.3 Å². The fraction of sp³-hybridized carbons (Fsp3) is 0.188. The van der Waals surface area contributed by atoms with Gasteiger partial charge in [0.05, 0.1) is 12.0 Å². The Balaban J connectivity index is 0. The van der Waals surface area contributed by atoms with Gasteiger partial charge in [-0.3, -0.25) is 4.79 Å². The first-order valence-corrected chi connectivity index (χ1v) is 12.1. The minimum Gasteiger partial charge on any atom is -0.668 e. The molecule has 0 aliphatic heterocycles. The van der Waals surface area contributed by atoms with E-state index in [0.29, 0.717) is 5.02 Å². The normalized spacial score (nSPS) is 10.5. The molecule has 1 unspecified atom stereocenters. The standard InChI is InChI=1S/C26H25BClNO.C2H5NO.2C2H2.Pd/c1-3-20-13-15-22(16-14-20)26(21-9-5-4-6-10-21,17-23(30)18-29-19(2)27)24-11-7-8-12-25(24)28;1-2(3)4;2*1-2;/h4-16,29H,2-3,17-18H2,1H3;1H3,(H2,3,4);2*1-2H;/p-1. The number of benzene rings is 3. The van der Waals surface area contributed by atoms with Gasteiger partial charge in [-0.25, -0.2) is 0 Å². The molecule has 0 saturated carbocycles. The number of hydrogen-bond acceptors (Lipinski definition) is 3. The molecule has 7 heteroatoms. The van der Waals surface area contributed by atoms with Crippen LogP contribution in [-0.2, 0) is 41.8 Å². The van der Waals surface area contributed by atoms with Crippen LogP contribution in [0, 0.1) is 25.7 Å². The van der Waals surface area contributed by atoms with Crippen molar-refractivity contribution in [3.05, 3.63) is 124 Å². The first-order valence-electron chi connectivity index (χ1n) is 11.7. The predicted molar refractivity (Wildman–Crippen MR) is 161 cm³/mol.